The van der Waals surface area contributed by atoms with Gasteiger partial charge < -0.3 is 0 Å². The molecule has 0 bridgehead atoms. The number of sulfonamides is 1. The monoisotopic (exact) mass is 401 g/mol. The molecular formula is C16H13ClFNO4S2. The molecular weight excluding hydrogens is 389 g/mol. The number of rotatable bonds is 4. The number of nitrogens with zero attached hydrogens (tertiary/aromatic N) is 1. The van der Waals surface area contributed by atoms with Crippen LogP contribution in [-0.4, -0.2) is 28.6 Å². The van der Waals surface area contributed by atoms with Crippen LogP contribution in [0.5, 0.6) is 0 Å². The number of hydrogen-bond acceptors (Lipinski definition) is 4. The van der Waals surface area contributed by atoms with E-state index in [0.29, 0.717) is 0 Å². The number of hydrogen-bond donors (Lipinski definition) is 0. The van der Waals surface area contributed by atoms with Gasteiger partial charge in [-0.25, -0.2) is 21.2 Å². The number of anilines is 1. The molecule has 0 aromatic heterocycles. The van der Waals surface area contributed by atoms with Gasteiger partial charge in [-0.15, -0.1) is 0 Å². The van der Waals surface area contributed by atoms with Crippen molar-refractivity contribution >= 4 is 37.1 Å². The molecule has 1 unspecified atom stereocenters. The Morgan fingerprint density at radius 2 is 1.76 bits per heavy atom. The van der Waals surface area contributed by atoms with E-state index in [0.717, 1.165) is 15.8 Å². The molecule has 3 rings (SSSR count). The summed E-state index contributed by atoms with van der Waals surface area (Å²) in [7, 11) is -7.90. The first-order chi connectivity index (χ1) is 11.7. The topological polar surface area (TPSA) is 71.5 Å². The van der Waals surface area contributed by atoms with E-state index in [-0.39, 0.29) is 10.7 Å². The van der Waals surface area contributed by atoms with Crippen LogP contribution in [0.3, 0.4) is 0 Å². The van der Waals surface area contributed by atoms with E-state index >= 15 is 0 Å². The first kappa shape index (κ1) is 17.9. The van der Waals surface area contributed by atoms with Gasteiger partial charge in [0.2, 0.25) is 0 Å². The van der Waals surface area contributed by atoms with E-state index in [4.69, 9.17) is 11.6 Å². The van der Waals surface area contributed by atoms with Crippen LogP contribution in [0.15, 0.2) is 64.9 Å². The zero-order chi connectivity index (χ0) is 18.2. The van der Waals surface area contributed by atoms with Gasteiger partial charge in [0, 0.05) is 5.41 Å². The quantitative estimate of drug-likeness (QED) is 0.789. The molecule has 1 aliphatic heterocycles. The molecule has 0 aliphatic carbocycles. The Hall–Kier alpha value is -1.90. The van der Waals surface area contributed by atoms with E-state index in [1.54, 1.807) is 18.2 Å². The molecule has 132 valence electrons. The number of para-hydroxylation sites is 1. The van der Waals surface area contributed by atoms with E-state index in [2.05, 4.69) is 0 Å². The Morgan fingerprint density at radius 1 is 1.08 bits per heavy atom. The van der Waals surface area contributed by atoms with Gasteiger partial charge in [0.25, 0.3) is 10.0 Å². The summed E-state index contributed by atoms with van der Waals surface area (Å²) in [5.74, 6) is -1.49. The van der Waals surface area contributed by atoms with Crippen molar-refractivity contribution in [2.24, 2.45) is 0 Å². The largest absolute Gasteiger partial charge is 0.267 e. The second kappa shape index (κ2) is 6.44. The van der Waals surface area contributed by atoms with Crippen LogP contribution in [0.2, 0.25) is 5.02 Å². The lowest BCUT2D eigenvalue weighted by Gasteiger charge is -2.29. The fourth-order valence-corrected chi connectivity index (χ4v) is 5.87. The highest BCUT2D eigenvalue weighted by Gasteiger charge is 2.37. The Morgan fingerprint density at radius 3 is 2.36 bits per heavy atom. The predicted octanol–water partition coefficient (Wildman–Crippen LogP) is 2.99. The molecule has 0 fully saturated rings. The van der Waals surface area contributed by atoms with Crippen molar-refractivity contribution < 1.29 is 21.2 Å². The summed E-state index contributed by atoms with van der Waals surface area (Å²) < 4.78 is 65.0. The van der Waals surface area contributed by atoms with E-state index in [9.17, 15) is 21.2 Å². The third kappa shape index (κ3) is 3.42. The van der Waals surface area contributed by atoms with Crippen LogP contribution < -0.4 is 4.31 Å². The highest BCUT2D eigenvalue weighted by Crippen LogP contribution is 2.32. The van der Waals surface area contributed by atoms with Crippen molar-refractivity contribution in [3.05, 3.63) is 70.9 Å². The van der Waals surface area contributed by atoms with Gasteiger partial charge in [-0.2, -0.15) is 0 Å². The van der Waals surface area contributed by atoms with Crippen LogP contribution in [0.1, 0.15) is 0 Å². The first-order valence-corrected chi connectivity index (χ1v) is 10.7. The molecule has 0 spiro atoms. The Bertz CT molecular complexity index is 1040. The third-order valence-corrected chi connectivity index (χ3v) is 7.22. The lowest BCUT2D eigenvalue weighted by Crippen LogP contribution is -2.41. The van der Waals surface area contributed by atoms with Gasteiger partial charge >= 0.3 is 0 Å². The second-order valence-electron chi connectivity index (χ2n) is 5.41. The molecule has 2 aromatic carbocycles. The van der Waals surface area contributed by atoms with Crippen molar-refractivity contribution in [2.75, 3.05) is 10.1 Å². The fraction of sp³-hybridized carbons (Fsp3) is 0.125. The molecule has 25 heavy (non-hydrogen) atoms. The molecule has 2 aromatic rings. The molecule has 0 N–H and O–H groups in total. The summed E-state index contributed by atoms with van der Waals surface area (Å²) in [6.45, 7) is 0. The Balaban J connectivity index is 2.18. The summed E-state index contributed by atoms with van der Waals surface area (Å²) in [5, 5.41) is 0.640. The molecule has 1 heterocycles. The molecule has 0 saturated heterocycles. The third-order valence-electron chi connectivity index (χ3n) is 3.68. The molecule has 1 aliphatic rings. The Labute approximate surface area is 150 Å². The minimum atomic E-state index is -4.38. The zero-order valence-electron chi connectivity index (χ0n) is 12.7. The van der Waals surface area contributed by atoms with Gasteiger partial charge in [-0.1, -0.05) is 35.9 Å². The number of benzene rings is 2. The van der Waals surface area contributed by atoms with Crippen molar-refractivity contribution in [3.8, 4) is 0 Å². The van der Waals surface area contributed by atoms with Gasteiger partial charge in [0.15, 0.2) is 15.7 Å². The van der Waals surface area contributed by atoms with E-state index < -0.39 is 42.4 Å². The average molecular weight is 402 g/mol. The molecule has 0 amide bonds. The molecule has 9 heteroatoms. The summed E-state index contributed by atoms with van der Waals surface area (Å²) in [5.41, 5.74) is 0.230. The highest BCUT2D eigenvalue weighted by atomic mass is 35.5. The summed E-state index contributed by atoms with van der Waals surface area (Å²) >= 11 is 5.71. The standard InChI is InChI=1S/C16H13ClFNO4S2/c17-14-7-4-8-15(16(14)18)25(22,23)19(12-5-2-1-3-6-12)13-9-10-24(20,21)11-13/h1-10,13H,11H2. The lowest BCUT2D eigenvalue weighted by atomic mass is 10.2. The maximum absolute atomic E-state index is 14.3. The average Bonchev–Trinajstić information content (AvgIpc) is 2.90. The normalized spacial score (nSPS) is 19.0. The second-order valence-corrected chi connectivity index (χ2v) is 9.54. The smallest absolute Gasteiger partial charge is 0.258 e. The van der Waals surface area contributed by atoms with Crippen molar-refractivity contribution in [2.45, 2.75) is 10.9 Å². The van der Waals surface area contributed by atoms with Crippen molar-refractivity contribution in [3.63, 3.8) is 0 Å². The molecule has 1 atom stereocenters. The van der Waals surface area contributed by atoms with Gasteiger partial charge in [0.1, 0.15) is 4.90 Å². The van der Waals surface area contributed by atoms with Crippen LogP contribution in [0, 0.1) is 5.82 Å². The lowest BCUT2D eigenvalue weighted by molar-refractivity contribution is 0.561. The number of sulfone groups is 1. The van der Waals surface area contributed by atoms with Crippen LogP contribution >= 0.6 is 11.6 Å². The van der Waals surface area contributed by atoms with Gasteiger partial charge in [-0.05, 0) is 30.3 Å². The van der Waals surface area contributed by atoms with E-state index in [1.807, 2.05) is 0 Å². The van der Waals surface area contributed by atoms with Gasteiger partial charge in [0.05, 0.1) is 22.5 Å². The van der Waals surface area contributed by atoms with Crippen LogP contribution in [0.4, 0.5) is 10.1 Å². The summed E-state index contributed by atoms with van der Waals surface area (Å²) in [6, 6.07) is 10.6. The minimum Gasteiger partial charge on any atom is -0.258 e. The SMILES string of the molecule is O=S1(=O)C=CC(N(c2ccccc2)S(=O)(=O)c2cccc(Cl)c2F)C1. The maximum Gasteiger partial charge on any atom is 0.267 e. The van der Waals surface area contributed by atoms with E-state index in [1.165, 1.54) is 30.3 Å². The Kier molecular flexibility index (Phi) is 4.61. The van der Waals surface area contributed by atoms with Crippen LogP contribution in [-0.2, 0) is 19.9 Å². The van der Waals surface area contributed by atoms with Crippen molar-refractivity contribution in [1.82, 2.24) is 0 Å². The first-order valence-electron chi connectivity index (χ1n) is 7.17. The molecule has 0 saturated carbocycles. The zero-order valence-corrected chi connectivity index (χ0v) is 15.1. The molecule has 0 radical (unpaired) electrons. The molecule has 5 nitrogen and oxygen atoms in total. The number of halogens is 2. The van der Waals surface area contributed by atoms with Gasteiger partial charge in [-0.3, -0.25) is 4.31 Å². The summed E-state index contributed by atoms with van der Waals surface area (Å²) in [4.78, 5) is -0.610. The van der Waals surface area contributed by atoms with Crippen molar-refractivity contribution in [1.29, 1.82) is 0 Å². The fourth-order valence-electron chi connectivity index (χ4n) is 2.58. The predicted molar refractivity (Wildman–Crippen MR) is 94.2 cm³/mol. The highest BCUT2D eigenvalue weighted by molar-refractivity contribution is 7.95. The minimum absolute atomic E-state index is 0.230. The maximum atomic E-state index is 14.3. The van der Waals surface area contributed by atoms with Crippen LogP contribution in [0.25, 0.3) is 0 Å². The summed E-state index contributed by atoms with van der Waals surface area (Å²) in [6.07, 6.45) is 1.28.